The molecule has 3 aliphatic carbocycles. The molecule has 19 heavy (non-hydrogen) atoms. The van der Waals surface area contributed by atoms with Crippen LogP contribution in [0.15, 0.2) is 24.3 Å². The predicted octanol–water partition coefficient (Wildman–Crippen LogP) is 1.92. The SMILES string of the molecule is CCOc1ccccc1C12CC(C(N)C(=O)O)(C1)C2. The number of nitrogens with two attached hydrogens (primary N) is 1. The molecular weight excluding hydrogens is 242 g/mol. The smallest absolute Gasteiger partial charge is 0.321 e. The summed E-state index contributed by atoms with van der Waals surface area (Å²) in [5.74, 6) is 0.0496. The van der Waals surface area contributed by atoms with Crippen molar-refractivity contribution in [3.05, 3.63) is 29.8 Å². The molecule has 0 aliphatic heterocycles. The summed E-state index contributed by atoms with van der Waals surface area (Å²) in [6.45, 7) is 2.62. The van der Waals surface area contributed by atoms with E-state index in [1.54, 1.807) is 0 Å². The van der Waals surface area contributed by atoms with Crippen LogP contribution in [0.4, 0.5) is 0 Å². The summed E-state index contributed by atoms with van der Waals surface area (Å²) in [6.07, 6.45) is 2.62. The average Bonchev–Trinajstić information content (AvgIpc) is 2.28. The van der Waals surface area contributed by atoms with Crippen molar-refractivity contribution in [3.63, 3.8) is 0 Å². The number of hydrogen-bond donors (Lipinski definition) is 2. The molecule has 0 saturated heterocycles. The van der Waals surface area contributed by atoms with E-state index in [-0.39, 0.29) is 10.8 Å². The fraction of sp³-hybridized carbons (Fsp3) is 0.533. The van der Waals surface area contributed by atoms with Gasteiger partial charge >= 0.3 is 5.97 Å². The zero-order valence-corrected chi connectivity index (χ0v) is 11.1. The lowest BCUT2D eigenvalue weighted by Gasteiger charge is -2.72. The molecule has 0 aromatic heterocycles. The van der Waals surface area contributed by atoms with Crippen molar-refractivity contribution in [2.75, 3.05) is 6.61 Å². The summed E-state index contributed by atoms with van der Waals surface area (Å²) < 4.78 is 5.68. The van der Waals surface area contributed by atoms with Crippen LogP contribution in [0.5, 0.6) is 5.75 Å². The molecular formula is C15H19NO3. The van der Waals surface area contributed by atoms with E-state index in [1.165, 1.54) is 5.56 Å². The largest absolute Gasteiger partial charge is 0.494 e. The van der Waals surface area contributed by atoms with E-state index in [0.29, 0.717) is 6.61 Å². The molecule has 0 amide bonds. The van der Waals surface area contributed by atoms with Crippen molar-refractivity contribution < 1.29 is 14.6 Å². The van der Waals surface area contributed by atoms with E-state index < -0.39 is 12.0 Å². The van der Waals surface area contributed by atoms with Gasteiger partial charge in [-0.2, -0.15) is 0 Å². The summed E-state index contributed by atoms with van der Waals surface area (Å²) in [7, 11) is 0. The van der Waals surface area contributed by atoms with Crippen molar-refractivity contribution in [1.82, 2.24) is 0 Å². The summed E-state index contributed by atoms with van der Waals surface area (Å²) in [5, 5.41) is 9.05. The van der Waals surface area contributed by atoms with E-state index in [0.717, 1.165) is 25.0 Å². The molecule has 3 N–H and O–H groups in total. The molecule has 2 bridgehead atoms. The van der Waals surface area contributed by atoms with Crippen molar-refractivity contribution in [2.45, 2.75) is 37.6 Å². The summed E-state index contributed by atoms with van der Waals surface area (Å²) in [4.78, 5) is 11.0. The second-order valence-electron chi connectivity index (χ2n) is 5.92. The molecule has 4 heteroatoms. The van der Waals surface area contributed by atoms with Crippen LogP contribution >= 0.6 is 0 Å². The molecule has 0 heterocycles. The Kier molecular flexibility index (Phi) is 2.61. The highest BCUT2D eigenvalue weighted by Crippen LogP contribution is 2.75. The van der Waals surface area contributed by atoms with Crippen LogP contribution in [0.3, 0.4) is 0 Å². The van der Waals surface area contributed by atoms with E-state index in [4.69, 9.17) is 15.6 Å². The van der Waals surface area contributed by atoms with Crippen LogP contribution in [0.2, 0.25) is 0 Å². The lowest BCUT2D eigenvalue weighted by molar-refractivity contribution is -0.179. The number of carboxylic acid groups (broad SMARTS) is 1. The minimum absolute atomic E-state index is 0.110. The van der Waals surface area contributed by atoms with E-state index in [9.17, 15) is 4.79 Å². The molecule has 1 aromatic carbocycles. The molecule has 0 radical (unpaired) electrons. The van der Waals surface area contributed by atoms with Crippen molar-refractivity contribution >= 4 is 5.97 Å². The number of carbonyl (C=O) groups is 1. The van der Waals surface area contributed by atoms with E-state index in [1.807, 2.05) is 25.1 Å². The number of hydrogen-bond acceptors (Lipinski definition) is 3. The lowest BCUT2D eigenvalue weighted by atomic mass is 9.31. The third kappa shape index (κ3) is 1.59. The maximum Gasteiger partial charge on any atom is 0.321 e. The summed E-state index contributed by atoms with van der Waals surface area (Å²) in [6, 6.07) is 7.35. The average molecular weight is 261 g/mol. The Morgan fingerprint density at radius 2 is 2.05 bits per heavy atom. The van der Waals surface area contributed by atoms with Gasteiger partial charge in [0.05, 0.1) is 6.61 Å². The van der Waals surface area contributed by atoms with E-state index in [2.05, 4.69) is 6.07 Å². The number of carboxylic acids is 1. The Bertz CT molecular complexity index is 506. The Morgan fingerprint density at radius 1 is 1.42 bits per heavy atom. The number of benzene rings is 1. The van der Waals surface area contributed by atoms with Gasteiger partial charge in [0.2, 0.25) is 0 Å². The summed E-state index contributed by atoms with van der Waals surface area (Å²) in [5.41, 5.74) is 6.95. The van der Waals surface area contributed by atoms with Crippen LogP contribution in [0.1, 0.15) is 31.7 Å². The van der Waals surface area contributed by atoms with Gasteiger partial charge in [-0.1, -0.05) is 18.2 Å². The van der Waals surface area contributed by atoms with Crippen molar-refractivity contribution in [1.29, 1.82) is 0 Å². The molecule has 0 spiro atoms. The zero-order chi connectivity index (χ0) is 13.7. The Hall–Kier alpha value is -1.55. The van der Waals surface area contributed by atoms with Gasteiger partial charge in [0.25, 0.3) is 0 Å². The minimum atomic E-state index is -0.883. The second-order valence-corrected chi connectivity index (χ2v) is 5.92. The molecule has 1 atom stereocenters. The van der Waals surface area contributed by atoms with Crippen molar-refractivity contribution in [3.8, 4) is 5.75 Å². The fourth-order valence-corrected chi connectivity index (χ4v) is 3.93. The highest BCUT2D eigenvalue weighted by Gasteiger charge is 2.72. The first kappa shape index (κ1) is 12.5. The Labute approximate surface area is 112 Å². The van der Waals surface area contributed by atoms with Gasteiger partial charge in [-0.15, -0.1) is 0 Å². The van der Waals surface area contributed by atoms with Gasteiger partial charge in [-0.05, 0) is 37.7 Å². The maximum atomic E-state index is 11.0. The molecule has 3 fully saturated rings. The molecule has 102 valence electrons. The molecule has 1 unspecified atom stereocenters. The normalized spacial score (nSPS) is 32.9. The topological polar surface area (TPSA) is 72.5 Å². The highest BCUT2D eigenvalue weighted by atomic mass is 16.5. The van der Waals surface area contributed by atoms with Crippen LogP contribution < -0.4 is 10.5 Å². The third-order valence-corrected chi connectivity index (χ3v) is 4.76. The highest BCUT2D eigenvalue weighted by molar-refractivity contribution is 5.76. The molecule has 1 aromatic rings. The van der Waals surface area contributed by atoms with Gasteiger partial charge in [0, 0.05) is 11.0 Å². The van der Waals surface area contributed by atoms with Gasteiger partial charge in [-0.3, -0.25) is 4.79 Å². The molecule has 4 rings (SSSR count). The number of rotatable bonds is 5. The Morgan fingerprint density at radius 3 is 2.63 bits per heavy atom. The maximum absolute atomic E-state index is 11.0. The third-order valence-electron chi connectivity index (χ3n) is 4.76. The van der Waals surface area contributed by atoms with Crippen LogP contribution in [-0.4, -0.2) is 23.7 Å². The fourth-order valence-electron chi connectivity index (χ4n) is 3.93. The lowest BCUT2D eigenvalue weighted by Crippen LogP contribution is -2.72. The molecule has 3 aliphatic rings. The first-order valence-electron chi connectivity index (χ1n) is 6.74. The van der Waals surface area contributed by atoms with Crippen LogP contribution in [0, 0.1) is 5.41 Å². The quantitative estimate of drug-likeness (QED) is 0.849. The number of para-hydroxylation sites is 1. The summed E-state index contributed by atoms with van der Waals surface area (Å²) >= 11 is 0. The Balaban J connectivity index is 1.80. The van der Waals surface area contributed by atoms with E-state index >= 15 is 0 Å². The first-order chi connectivity index (χ1) is 9.03. The van der Waals surface area contributed by atoms with Gasteiger partial charge < -0.3 is 15.6 Å². The predicted molar refractivity (Wildman–Crippen MR) is 71.2 cm³/mol. The first-order valence-corrected chi connectivity index (χ1v) is 6.74. The van der Waals surface area contributed by atoms with Crippen LogP contribution in [-0.2, 0) is 10.2 Å². The number of ether oxygens (including phenoxy) is 1. The monoisotopic (exact) mass is 261 g/mol. The molecule has 3 saturated carbocycles. The zero-order valence-electron chi connectivity index (χ0n) is 11.1. The van der Waals surface area contributed by atoms with Crippen LogP contribution in [0.25, 0.3) is 0 Å². The van der Waals surface area contributed by atoms with Gasteiger partial charge in [0.15, 0.2) is 0 Å². The molecule has 4 nitrogen and oxygen atoms in total. The van der Waals surface area contributed by atoms with Gasteiger partial charge in [-0.25, -0.2) is 0 Å². The minimum Gasteiger partial charge on any atom is -0.494 e. The second kappa shape index (κ2) is 3.97. The standard InChI is InChI=1S/C15H19NO3/c1-2-19-11-6-4-3-5-10(11)14-7-15(8-14,9-14)12(16)13(17)18/h3-6,12H,2,7-9,16H2,1H3,(H,17,18). The number of aliphatic carboxylic acids is 1. The van der Waals surface area contributed by atoms with Gasteiger partial charge in [0.1, 0.15) is 11.8 Å². The van der Waals surface area contributed by atoms with Crippen molar-refractivity contribution in [2.24, 2.45) is 11.1 Å².